The fourth-order valence-electron chi connectivity index (χ4n) is 2.90. The van der Waals surface area contributed by atoms with Crippen molar-refractivity contribution in [1.29, 1.82) is 0 Å². The summed E-state index contributed by atoms with van der Waals surface area (Å²) in [6, 6.07) is -4.97. The van der Waals surface area contributed by atoms with E-state index in [2.05, 4.69) is 16.0 Å². The first-order chi connectivity index (χ1) is 16.4. The minimum absolute atomic E-state index is 0.131. The van der Waals surface area contributed by atoms with Crippen LogP contribution < -0.4 is 33.2 Å². The monoisotopic (exact) mass is 520 g/mol. The Morgan fingerprint density at radius 1 is 0.829 bits per heavy atom. The molecule has 0 heterocycles. The van der Waals surface area contributed by atoms with Crippen molar-refractivity contribution in [3.05, 3.63) is 0 Å². The summed E-state index contributed by atoms with van der Waals surface area (Å²) in [4.78, 5) is 71.2. The van der Waals surface area contributed by atoms with Crippen molar-refractivity contribution in [2.24, 2.45) is 17.2 Å². The molecular weight excluding hydrogens is 484 g/mol. The number of hydrogen-bond acceptors (Lipinski definition) is 9. The highest BCUT2D eigenvalue weighted by Gasteiger charge is 2.30. The number of nitrogens with one attached hydrogen (secondary N) is 3. The third-order valence-corrected chi connectivity index (χ3v) is 5.49. The first kappa shape index (κ1) is 32.1. The van der Waals surface area contributed by atoms with E-state index in [0.29, 0.717) is 25.1 Å². The Bertz CT molecular complexity index is 753. The molecule has 11 N–H and O–H groups in total. The Morgan fingerprint density at radius 3 is 1.86 bits per heavy atom. The smallest absolute Gasteiger partial charge is 0.326 e. The molecule has 4 atom stereocenters. The molecule has 35 heavy (non-hydrogen) atoms. The molecule has 0 aromatic rings. The topological polar surface area (TPSA) is 257 Å². The van der Waals surface area contributed by atoms with Crippen LogP contribution in [0.5, 0.6) is 0 Å². The van der Waals surface area contributed by atoms with Crippen molar-refractivity contribution in [2.75, 3.05) is 18.6 Å². The molecule has 0 saturated carbocycles. The van der Waals surface area contributed by atoms with Gasteiger partial charge in [0.15, 0.2) is 0 Å². The van der Waals surface area contributed by atoms with Crippen LogP contribution in [0.15, 0.2) is 0 Å². The number of carboxylic acid groups (broad SMARTS) is 2. The third-order valence-electron chi connectivity index (χ3n) is 4.85. The summed E-state index contributed by atoms with van der Waals surface area (Å²) < 4.78 is 0. The van der Waals surface area contributed by atoms with Crippen molar-refractivity contribution < 1.29 is 39.0 Å². The number of amides is 4. The normalized spacial score (nSPS) is 14.1. The first-order valence-corrected chi connectivity index (χ1v) is 12.4. The lowest BCUT2D eigenvalue weighted by atomic mass is 10.1. The minimum Gasteiger partial charge on any atom is -0.481 e. The second-order valence-corrected chi connectivity index (χ2v) is 8.78. The van der Waals surface area contributed by atoms with E-state index in [1.54, 1.807) is 6.26 Å². The van der Waals surface area contributed by atoms with Gasteiger partial charge < -0.3 is 43.4 Å². The highest BCUT2D eigenvalue weighted by atomic mass is 32.2. The zero-order valence-electron chi connectivity index (χ0n) is 19.7. The largest absolute Gasteiger partial charge is 0.481 e. The van der Waals surface area contributed by atoms with Gasteiger partial charge in [-0.3, -0.25) is 24.0 Å². The van der Waals surface area contributed by atoms with Gasteiger partial charge in [0.2, 0.25) is 23.6 Å². The van der Waals surface area contributed by atoms with Gasteiger partial charge in [-0.05, 0) is 50.7 Å². The Labute approximate surface area is 207 Å². The average Bonchev–Trinajstić information content (AvgIpc) is 2.78. The van der Waals surface area contributed by atoms with Gasteiger partial charge >= 0.3 is 11.9 Å². The summed E-state index contributed by atoms with van der Waals surface area (Å²) in [7, 11) is 0. The molecule has 4 unspecified atom stereocenters. The van der Waals surface area contributed by atoms with E-state index in [1.165, 1.54) is 11.8 Å². The van der Waals surface area contributed by atoms with Crippen molar-refractivity contribution in [3.63, 3.8) is 0 Å². The molecule has 15 heteroatoms. The molecule has 0 aliphatic heterocycles. The van der Waals surface area contributed by atoms with E-state index in [0.717, 1.165) is 0 Å². The maximum atomic E-state index is 13.0. The Morgan fingerprint density at radius 2 is 1.37 bits per heavy atom. The number of rotatable bonds is 19. The van der Waals surface area contributed by atoms with E-state index in [9.17, 15) is 33.9 Å². The fraction of sp³-hybridized carbons (Fsp3) is 0.700. The molecule has 0 fully saturated rings. The highest BCUT2D eigenvalue weighted by Crippen LogP contribution is 2.07. The average molecular weight is 521 g/mol. The highest BCUT2D eigenvalue weighted by molar-refractivity contribution is 7.98. The summed E-state index contributed by atoms with van der Waals surface area (Å²) in [5, 5.41) is 25.2. The summed E-state index contributed by atoms with van der Waals surface area (Å²) in [5.74, 6) is -5.33. The molecule has 4 amide bonds. The number of thioether (sulfide) groups is 1. The van der Waals surface area contributed by atoms with Gasteiger partial charge in [0, 0.05) is 6.42 Å². The van der Waals surface area contributed by atoms with E-state index in [1.807, 2.05) is 0 Å². The molecule has 0 aliphatic rings. The second kappa shape index (κ2) is 17.5. The lowest BCUT2D eigenvalue weighted by Gasteiger charge is -2.25. The summed E-state index contributed by atoms with van der Waals surface area (Å²) in [6.45, 7) is 0.357. The molecule has 0 saturated heterocycles. The molecular formula is C20H36N6O8S. The zero-order valence-corrected chi connectivity index (χ0v) is 20.5. The second-order valence-electron chi connectivity index (χ2n) is 7.80. The maximum absolute atomic E-state index is 13.0. The predicted molar refractivity (Wildman–Crippen MR) is 128 cm³/mol. The van der Waals surface area contributed by atoms with Crippen LogP contribution in [-0.4, -0.2) is 88.5 Å². The fourth-order valence-corrected chi connectivity index (χ4v) is 3.37. The van der Waals surface area contributed by atoms with Gasteiger partial charge in [-0.1, -0.05) is 0 Å². The molecule has 200 valence electrons. The summed E-state index contributed by atoms with van der Waals surface area (Å²) >= 11 is 1.39. The number of hydrogen-bond donors (Lipinski definition) is 8. The van der Waals surface area contributed by atoms with Crippen LogP contribution in [0.1, 0.15) is 44.9 Å². The molecule has 0 aromatic carbocycles. The van der Waals surface area contributed by atoms with Gasteiger partial charge in [-0.25, -0.2) is 4.79 Å². The number of carbonyl (C=O) groups excluding carboxylic acids is 4. The number of unbranched alkanes of at least 4 members (excludes halogenated alkanes) is 1. The quantitative estimate of drug-likeness (QED) is 0.0824. The molecule has 0 bridgehead atoms. The van der Waals surface area contributed by atoms with Crippen LogP contribution in [0.2, 0.25) is 0 Å². The predicted octanol–water partition coefficient (Wildman–Crippen LogP) is -2.52. The molecule has 0 aromatic heterocycles. The lowest BCUT2D eigenvalue weighted by molar-refractivity contribution is -0.143. The van der Waals surface area contributed by atoms with Crippen molar-refractivity contribution in [2.45, 2.75) is 69.1 Å². The van der Waals surface area contributed by atoms with Crippen LogP contribution in [-0.2, 0) is 28.8 Å². The van der Waals surface area contributed by atoms with E-state index >= 15 is 0 Å². The van der Waals surface area contributed by atoms with Crippen molar-refractivity contribution in [1.82, 2.24) is 16.0 Å². The number of carboxylic acids is 2. The van der Waals surface area contributed by atoms with E-state index < -0.39 is 66.2 Å². The Hall–Kier alpha value is -2.91. The minimum atomic E-state index is -1.57. The molecule has 0 rings (SSSR count). The van der Waals surface area contributed by atoms with Gasteiger partial charge in [0.1, 0.15) is 18.1 Å². The van der Waals surface area contributed by atoms with Crippen LogP contribution in [0.3, 0.4) is 0 Å². The molecule has 0 radical (unpaired) electrons. The Kier molecular flexibility index (Phi) is 16.1. The zero-order chi connectivity index (χ0) is 27.0. The van der Waals surface area contributed by atoms with Gasteiger partial charge in [-0.2, -0.15) is 11.8 Å². The molecule has 0 spiro atoms. The van der Waals surface area contributed by atoms with Gasteiger partial charge in [-0.15, -0.1) is 0 Å². The molecule has 14 nitrogen and oxygen atoms in total. The standard InChI is InChI=1S/C20H36N6O8S/c1-35-9-7-13(19(32)26-14(20(33)34)10-15(23)27)25-18(31)12(4-2-3-8-21)24-17(30)11(22)5-6-16(28)29/h11-14H,2-10,21-22H2,1H3,(H2,23,27)(H,24,30)(H,25,31)(H,26,32)(H,28,29)(H,33,34). The number of carbonyl (C=O) groups is 6. The lowest BCUT2D eigenvalue weighted by Crippen LogP contribution is -2.57. The van der Waals surface area contributed by atoms with E-state index in [-0.39, 0.29) is 25.7 Å². The SMILES string of the molecule is CSCCC(NC(=O)C(CCCCN)NC(=O)C(N)CCC(=O)O)C(=O)NC(CC(N)=O)C(=O)O. The third kappa shape index (κ3) is 14.2. The van der Waals surface area contributed by atoms with Gasteiger partial charge in [0.25, 0.3) is 0 Å². The first-order valence-electron chi connectivity index (χ1n) is 11.0. The number of aliphatic carboxylic acids is 2. The van der Waals surface area contributed by atoms with Crippen molar-refractivity contribution >= 4 is 47.3 Å². The van der Waals surface area contributed by atoms with Crippen LogP contribution in [0.4, 0.5) is 0 Å². The summed E-state index contributed by atoms with van der Waals surface area (Å²) in [6.07, 6.45) is 2.04. The van der Waals surface area contributed by atoms with Crippen LogP contribution in [0.25, 0.3) is 0 Å². The Balaban J connectivity index is 5.47. The summed E-state index contributed by atoms with van der Waals surface area (Å²) in [5.41, 5.74) is 16.2. The maximum Gasteiger partial charge on any atom is 0.326 e. The number of primary amides is 1. The van der Waals surface area contributed by atoms with Crippen LogP contribution in [0, 0.1) is 0 Å². The van der Waals surface area contributed by atoms with E-state index in [4.69, 9.17) is 22.3 Å². The van der Waals surface area contributed by atoms with Gasteiger partial charge in [0.05, 0.1) is 12.5 Å². The van der Waals surface area contributed by atoms with Crippen LogP contribution >= 0.6 is 11.8 Å². The van der Waals surface area contributed by atoms with Crippen molar-refractivity contribution in [3.8, 4) is 0 Å². The molecule has 0 aliphatic carbocycles. The number of nitrogens with two attached hydrogens (primary N) is 3.